The molecule has 1 aromatic heterocycles. The first-order chi connectivity index (χ1) is 16.8. The molecule has 0 aliphatic heterocycles. The second kappa shape index (κ2) is 10.6. The summed E-state index contributed by atoms with van der Waals surface area (Å²) >= 11 is 1.44. The topological polar surface area (TPSA) is 89.8 Å². The minimum absolute atomic E-state index is 0.153. The summed E-state index contributed by atoms with van der Waals surface area (Å²) in [7, 11) is -3.78. The monoisotopic (exact) mass is 509 g/mol. The van der Waals surface area contributed by atoms with E-state index >= 15 is 0 Å². The molecule has 0 bridgehead atoms. The van der Waals surface area contributed by atoms with Crippen LogP contribution in [-0.4, -0.2) is 32.1 Å². The Morgan fingerprint density at radius 1 is 1.03 bits per heavy atom. The average Bonchev–Trinajstić information content (AvgIpc) is 3.15. The number of thiazole rings is 1. The largest absolute Gasteiger partial charge is 0.380 e. The zero-order valence-corrected chi connectivity index (χ0v) is 21.4. The van der Waals surface area contributed by atoms with Gasteiger partial charge in [0.05, 0.1) is 21.7 Å². The molecule has 35 heavy (non-hydrogen) atoms. The summed E-state index contributed by atoms with van der Waals surface area (Å²) in [6, 6.07) is 19.1. The second-order valence-corrected chi connectivity index (χ2v) is 10.8. The van der Waals surface area contributed by atoms with Gasteiger partial charge in [-0.25, -0.2) is 8.42 Å². The van der Waals surface area contributed by atoms with Crippen LogP contribution >= 0.6 is 11.3 Å². The van der Waals surface area contributed by atoms with Crippen molar-refractivity contribution in [3.63, 3.8) is 0 Å². The Balaban J connectivity index is 1.65. The highest BCUT2D eigenvalue weighted by molar-refractivity contribution is 7.92. The first kappa shape index (κ1) is 24.8. The van der Waals surface area contributed by atoms with Crippen LogP contribution in [-0.2, 0) is 21.3 Å². The standard InChI is InChI=1S/C26H27N3O4S2/c1-4-33-15-14-29-23-13-10-19(3)16-24(23)34-26(29)27-25(30)20-6-5-7-21(17-20)28-35(31,32)22-11-8-18(2)9-12-22/h5-13,16-17,28H,4,14-15H2,1-3H3. The van der Waals surface area contributed by atoms with Crippen LogP contribution in [0.25, 0.3) is 10.2 Å². The molecule has 182 valence electrons. The van der Waals surface area contributed by atoms with Gasteiger partial charge in [-0.15, -0.1) is 0 Å². The van der Waals surface area contributed by atoms with E-state index in [-0.39, 0.29) is 4.90 Å². The van der Waals surface area contributed by atoms with Crippen LogP contribution in [0.1, 0.15) is 28.4 Å². The lowest BCUT2D eigenvalue weighted by Gasteiger charge is -2.09. The Kier molecular flexibility index (Phi) is 7.49. The predicted molar refractivity (Wildman–Crippen MR) is 139 cm³/mol. The minimum Gasteiger partial charge on any atom is -0.380 e. The fourth-order valence-corrected chi connectivity index (χ4v) is 5.78. The van der Waals surface area contributed by atoms with Crippen LogP contribution in [0, 0.1) is 13.8 Å². The van der Waals surface area contributed by atoms with E-state index in [4.69, 9.17) is 4.74 Å². The van der Waals surface area contributed by atoms with Crippen LogP contribution in [0.15, 0.2) is 76.6 Å². The number of carbonyl (C=O) groups excluding carboxylic acids is 1. The maximum atomic E-state index is 13.1. The smallest absolute Gasteiger partial charge is 0.279 e. The summed E-state index contributed by atoms with van der Waals surface area (Å²) < 4.78 is 36.6. The first-order valence-electron chi connectivity index (χ1n) is 11.2. The summed E-state index contributed by atoms with van der Waals surface area (Å²) in [5.74, 6) is -0.449. The third-order valence-electron chi connectivity index (χ3n) is 5.39. The summed E-state index contributed by atoms with van der Waals surface area (Å²) in [5, 5.41) is 0. The minimum atomic E-state index is -3.78. The van der Waals surface area contributed by atoms with Crippen LogP contribution in [0.4, 0.5) is 5.69 Å². The molecule has 3 aromatic carbocycles. The van der Waals surface area contributed by atoms with Crippen molar-refractivity contribution in [3.8, 4) is 0 Å². The van der Waals surface area contributed by atoms with Gasteiger partial charge in [-0.3, -0.25) is 9.52 Å². The van der Waals surface area contributed by atoms with Crippen LogP contribution in [0.2, 0.25) is 0 Å². The van der Waals surface area contributed by atoms with Gasteiger partial charge in [0.25, 0.3) is 15.9 Å². The molecule has 4 rings (SSSR count). The number of hydrogen-bond donors (Lipinski definition) is 1. The van der Waals surface area contributed by atoms with Gasteiger partial charge in [0.15, 0.2) is 4.80 Å². The van der Waals surface area contributed by atoms with E-state index in [1.54, 1.807) is 42.5 Å². The van der Waals surface area contributed by atoms with Crippen molar-refractivity contribution in [1.82, 2.24) is 4.57 Å². The average molecular weight is 510 g/mol. The molecule has 0 radical (unpaired) electrons. The molecular weight excluding hydrogens is 482 g/mol. The van der Waals surface area contributed by atoms with Crippen molar-refractivity contribution in [3.05, 3.63) is 88.2 Å². The zero-order valence-electron chi connectivity index (χ0n) is 19.8. The fraction of sp³-hybridized carbons (Fsp3) is 0.231. The number of benzene rings is 3. The number of fused-ring (bicyclic) bond motifs is 1. The summed E-state index contributed by atoms with van der Waals surface area (Å²) in [6.07, 6.45) is 0. The molecule has 1 amide bonds. The molecule has 7 nitrogen and oxygen atoms in total. The molecule has 0 aliphatic rings. The third kappa shape index (κ3) is 5.87. The van der Waals surface area contributed by atoms with Gasteiger partial charge in [-0.05, 0) is 68.8 Å². The highest BCUT2D eigenvalue weighted by atomic mass is 32.2. The Bertz CT molecular complexity index is 1540. The molecule has 1 heterocycles. The Morgan fingerprint density at radius 3 is 2.51 bits per heavy atom. The molecule has 0 saturated heterocycles. The first-order valence-corrected chi connectivity index (χ1v) is 13.5. The fourth-order valence-electron chi connectivity index (χ4n) is 3.58. The van der Waals surface area contributed by atoms with E-state index in [9.17, 15) is 13.2 Å². The highest BCUT2D eigenvalue weighted by Gasteiger charge is 2.15. The van der Waals surface area contributed by atoms with Gasteiger partial charge >= 0.3 is 0 Å². The lowest BCUT2D eigenvalue weighted by Crippen LogP contribution is -2.20. The van der Waals surface area contributed by atoms with Gasteiger partial charge in [-0.1, -0.05) is 41.2 Å². The van der Waals surface area contributed by atoms with Crippen LogP contribution < -0.4 is 9.52 Å². The molecule has 4 aromatic rings. The third-order valence-corrected chi connectivity index (χ3v) is 7.83. The SMILES string of the molecule is CCOCCn1c(=NC(=O)c2cccc(NS(=O)(=O)c3ccc(C)cc3)c2)sc2cc(C)ccc21. The number of nitrogens with zero attached hydrogens (tertiary/aromatic N) is 2. The molecule has 0 saturated carbocycles. The number of rotatable bonds is 8. The van der Waals surface area contributed by atoms with Gasteiger partial charge < -0.3 is 9.30 Å². The van der Waals surface area contributed by atoms with Gasteiger partial charge in [0.1, 0.15) is 0 Å². The quantitative estimate of drug-likeness (QED) is 0.342. The van der Waals surface area contributed by atoms with E-state index in [1.807, 2.05) is 37.5 Å². The van der Waals surface area contributed by atoms with Crippen molar-refractivity contribution in [1.29, 1.82) is 0 Å². The van der Waals surface area contributed by atoms with Crippen LogP contribution in [0.3, 0.4) is 0 Å². The Morgan fingerprint density at radius 2 is 1.77 bits per heavy atom. The Labute approximate surface area is 208 Å². The molecule has 0 spiro atoms. The maximum Gasteiger partial charge on any atom is 0.279 e. The van der Waals surface area contributed by atoms with E-state index in [0.717, 1.165) is 21.3 Å². The number of aromatic nitrogens is 1. The number of ether oxygens (including phenoxy) is 1. The molecule has 0 unspecified atom stereocenters. The van der Waals surface area contributed by atoms with Gasteiger partial charge in [0, 0.05) is 24.4 Å². The predicted octanol–water partition coefficient (Wildman–Crippen LogP) is 4.90. The van der Waals surface area contributed by atoms with E-state index < -0.39 is 15.9 Å². The number of anilines is 1. The van der Waals surface area contributed by atoms with Crippen molar-refractivity contribution in [2.24, 2.45) is 4.99 Å². The number of aryl methyl sites for hydroxylation is 2. The molecule has 1 N–H and O–H groups in total. The molecule has 0 fully saturated rings. The van der Waals surface area contributed by atoms with Crippen molar-refractivity contribution >= 4 is 43.2 Å². The summed E-state index contributed by atoms with van der Waals surface area (Å²) in [5.41, 5.74) is 3.67. The number of amides is 1. The second-order valence-electron chi connectivity index (χ2n) is 8.12. The van der Waals surface area contributed by atoms with Crippen molar-refractivity contribution in [2.75, 3.05) is 17.9 Å². The van der Waals surface area contributed by atoms with Crippen molar-refractivity contribution < 1.29 is 17.9 Å². The van der Waals surface area contributed by atoms with Gasteiger partial charge in [0.2, 0.25) is 0 Å². The van der Waals surface area contributed by atoms with Crippen molar-refractivity contribution in [2.45, 2.75) is 32.2 Å². The molecule has 9 heteroatoms. The van der Waals surface area contributed by atoms with E-state index in [1.165, 1.54) is 17.4 Å². The maximum absolute atomic E-state index is 13.1. The highest BCUT2D eigenvalue weighted by Crippen LogP contribution is 2.20. The lowest BCUT2D eigenvalue weighted by molar-refractivity contribution is 0.0996. The number of carbonyl (C=O) groups is 1. The Hall–Kier alpha value is -3.27. The summed E-state index contributed by atoms with van der Waals surface area (Å²) in [4.78, 5) is 18.2. The van der Waals surface area contributed by atoms with Crippen LogP contribution in [0.5, 0.6) is 0 Å². The number of hydrogen-bond acceptors (Lipinski definition) is 5. The molecule has 0 aliphatic carbocycles. The molecular formula is C26H27N3O4S2. The zero-order chi connectivity index (χ0) is 25.0. The molecule has 0 atom stereocenters. The normalized spacial score (nSPS) is 12.3. The number of nitrogens with one attached hydrogen (secondary N) is 1. The summed E-state index contributed by atoms with van der Waals surface area (Å²) in [6.45, 7) is 7.54. The van der Waals surface area contributed by atoms with Gasteiger partial charge in [-0.2, -0.15) is 4.99 Å². The number of sulfonamides is 1. The lowest BCUT2D eigenvalue weighted by atomic mass is 10.2. The van der Waals surface area contributed by atoms with E-state index in [0.29, 0.717) is 35.8 Å². The van der Waals surface area contributed by atoms with E-state index in [2.05, 4.69) is 15.8 Å².